The summed E-state index contributed by atoms with van der Waals surface area (Å²) in [5, 5.41) is 8.69. The number of fused-ring (bicyclic) bond motifs is 2. The average molecular weight is 617 g/mol. The maximum atomic E-state index is 5.33. The summed E-state index contributed by atoms with van der Waals surface area (Å²) < 4.78 is 10.5. The summed E-state index contributed by atoms with van der Waals surface area (Å²) in [5.41, 5.74) is 13.2. The van der Waals surface area contributed by atoms with Gasteiger partial charge in [-0.25, -0.2) is 4.98 Å². The van der Waals surface area contributed by atoms with Crippen LogP contribution in [0.25, 0.3) is 88.4 Å². The van der Waals surface area contributed by atoms with Crippen LogP contribution in [0, 0.1) is 0 Å². The minimum atomic E-state index is 0.812. The fourth-order valence-corrected chi connectivity index (χ4v) is 6.96. The molecule has 0 unspecified atom stereocenters. The molecule has 7 aromatic carbocycles. The lowest BCUT2D eigenvalue weighted by Gasteiger charge is -2.20. The first-order valence-electron chi connectivity index (χ1n) is 15.9. The van der Waals surface area contributed by atoms with Crippen molar-refractivity contribution in [3.05, 3.63) is 171 Å². The molecule has 9 rings (SSSR count). The van der Waals surface area contributed by atoms with Gasteiger partial charge in [0.1, 0.15) is 18.2 Å². The lowest BCUT2D eigenvalue weighted by atomic mass is 9.83. The zero-order chi connectivity index (χ0) is 31.9. The molecule has 0 bridgehead atoms. The quantitative estimate of drug-likeness (QED) is 0.174. The van der Waals surface area contributed by atoms with Crippen LogP contribution in [-0.4, -0.2) is 10.1 Å². The van der Waals surface area contributed by atoms with Gasteiger partial charge in [0.25, 0.3) is 0 Å². The molecule has 0 atom stereocenters. The molecular formula is C44H28N2O2. The van der Waals surface area contributed by atoms with Crippen LogP contribution in [0.3, 0.4) is 0 Å². The second-order valence-electron chi connectivity index (χ2n) is 11.9. The second kappa shape index (κ2) is 11.7. The fourth-order valence-electron chi connectivity index (χ4n) is 6.96. The van der Waals surface area contributed by atoms with E-state index in [1.165, 1.54) is 55.8 Å². The van der Waals surface area contributed by atoms with Gasteiger partial charge in [-0.15, -0.1) is 0 Å². The van der Waals surface area contributed by atoms with E-state index in [0.717, 1.165) is 39.1 Å². The Balaban J connectivity index is 1.36. The van der Waals surface area contributed by atoms with Crippen molar-refractivity contribution in [3.63, 3.8) is 0 Å². The van der Waals surface area contributed by atoms with Crippen molar-refractivity contribution in [2.75, 3.05) is 0 Å². The molecular weight excluding hydrogens is 588 g/mol. The largest absolute Gasteiger partial charge is 0.451 e. The van der Waals surface area contributed by atoms with E-state index < -0.39 is 0 Å². The highest BCUT2D eigenvalue weighted by Gasteiger charge is 2.19. The fraction of sp³-hybridized carbons (Fsp3) is 0. The zero-order valence-electron chi connectivity index (χ0n) is 25.9. The first-order chi connectivity index (χ1) is 23.8. The van der Waals surface area contributed by atoms with E-state index in [9.17, 15) is 0 Å². The Hall–Kier alpha value is -6.52. The molecule has 0 aliphatic carbocycles. The lowest BCUT2D eigenvalue weighted by Crippen LogP contribution is -1.93. The summed E-state index contributed by atoms with van der Waals surface area (Å²) in [7, 11) is 0. The summed E-state index contributed by atoms with van der Waals surface area (Å²) in [4.78, 5) is 4.43. The summed E-state index contributed by atoms with van der Waals surface area (Å²) in [5.74, 6) is 0. The number of hydrogen-bond donors (Lipinski definition) is 0. The van der Waals surface area contributed by atoms with Gasteiger partial charge >= 0.3 is 0 Å². The Labute approximate surface area is 277 Å². The molecule has 9 aromatic rings. The van der Waals surface area contributed by atoms with Gasteiger partial charge in [0.2, 0.25) is 0 Å². The van der Waals surface area contributed by atoms with Crippen LogP contribution in [-0.2, 0) is 0 Å². The highest BCUT2D eigenvalue weighted by atomic mass is 16.5. The highest BCUT2D eigenvalue weighted by molar-refractivity contribution is 6.22. The van der Waals surface area contributed by atoms with Crippen LogP contribution >= 0.6 is 0 Å². The van der Waals surface area contributed by atoms with Gasteiger partial charge in [0, 0.05) is 11.1 Å². The van der Waals surface area contributed by atoms with Gasteiger partial charge in [-0.2, -0.15) is 0 Å². The van der Waals surface area contributed by atoms with E-state index >= 15 is 0 Å². The van der Waals surface area contributed by atoms with E-state index in [0.29, 0.717) is 0 Å². The standard InChI is InChI=1S/C44H28N2O2/c1-2-10-29(11-3-1)36-16-4-5-17-37(36)31-20-21-40-41(24-31)44(33-14-8-12-30(22-33)35-25-46-48-26-35)39-19-7-6-18-38(39)43(40)34-15-9-13-32(23-34)42-27-47-28-45-42/h1-28H. The minimum Gasteiger partial charge on any atom is -0.451 e. The van der Waals surface area contributed by atoms with Gasteiger partial charge < -0.3 is 8.94 Å². The Kier molecular flexibility index (Phi) is 6.76. The predicted molar refractivity (Wildman–Crippen MR) is 194 cm³/mol. The summed E-state index contributed by atoms with van der Waals surface area (Å²) >= 11 is 0. The highest BCUT2D eigenvalue weighted by Crippen LogP contribution is 2.46. The van der Waals surface area contributed by atoms with Gasteiger partial charge in [0.05, 0.1) is 6.20 Å². The summed E-state index contributed by atoms with van der Waals surface area (Å²) in [6, 6.07) is 52.2. The molecule has 2 aromatic heterocycles. The molecule has 4 heteroatoms. The average Bonchev–Trinajstić information content (AvgIpc) is 3.90. The molecule has 0 saturated heterocycles. The topological polar surface area (TPSA) is 52.1 Å². The third-order valence-electron chi connectivity index (χ3n) is 9.14. The van der Waals surface area contributed by atoms with Crippen LogP contribution < -0.4 is 0 Å². The molecule has 4 nitrogen and oxygen atoms in total. The molecule has 0 saturated carbocycles. The number of hydrogen-bond acceptors (Lipinski definition) is 4. The van der Waals surface area contributed by atoms with Crippen LogP contribution in [0.5, 0.6) is 0 Å². The molecule has 0 aliphatic heterocycles. The Morgan fingerprint density at radius 1 is 0.396 bits per heavy atom. The molecule has 0 fully saturated rings. The van der Waals surface area contributed by atoms with Crippen LogP contribution in [0.2, 0.25) is 0 Å². The van der Waals surface area contributed by atoms with Crippen molar-refractivity contribution in [3.8, 4) is 66.9 Å². The van der Waals surface area contributed by atoms with E-state index in [1.807, 2.05) is 0 Å². The van der Waals surface area contributed by atoms with Gasteiger partial charge in [-0.3, -0.25) is 0 Å². The number of aromatic nitrogens is 2. The second-order valence-corrected chi connectivity index (χ2v) is 11.9. The molecule has 226 valence electrons. The molecule has 48 heavy (non-hydrogen) atoms. The predicted octanol–water partition coefficient (Wildman–Crippen LogP) is 12.0. The molecule has 0 amide bonds. The molecule has 0 spiro atoms. The van der Waals surface area contributed by atoms with Crippen molar-refractivity contribution in [1.82, 2.24) is 10.1 Å². The number of nitrogens with zero attached hydrogens (tertiary/aromatic N) is 2. The molecule has 0 aliphatic rings. The van der Waals surface area contributed by atoms with E-state index in [2.05, 4.69) is 156 Å². The molecule has 2 heterocycles. The Bertz CT molecular complexity index is 2550. The van der Waals surface area contributed by atoms with Gasteiger partial charge in [-0.05, 0) is 89.8 Å². The third kappa shape index (κ3) is 4.79. The smallest absolute Gasteiger partial charge is 0.181 e. The van der Waals surface area contributed by atoms with Crippen molar-refractivity contribution in [1.29, 1.82) is 0 Å². The Morgan fingerprint density at radius 3 is 1.71 bits per heavy atom. The van der Waals surface area contributed by atoms with E-state index in [1.54, 1.807) is 18.7 Å². The maximum Gasteiger partial charge on any atom is 0.181 e. The first kappa shape index (κ1) is 27.8. The number of oxazole rings is 1. The molecule has 0 radical (unpaired) electrons. The van der Waals surface area contributed by atoms with Gasteiger partial charge in [-0.1, -0.05) is 133 Å². The van der Waals surface area contributed by atoms with Crippen LogP contribution in [0.1, 0.15) is 0 Å². The van der Waals surface area contributed by atoms with Crippen LogP contribution in [0.15, 0.2) is 180 Å². The molecule has 0 N–H and O–H groups in total. The van der Waals surface area contributed by atoms with Gasteiger partial charge in [0.15, 0.2) is 6.39 Å². The normalized spacial score (nSPS) is 11.3. The van der Waals surface area contributed by atoms with Crippen molar-refractivity contribution in [2.24, 2.45) is 0 Å². The summed E-state index contributed by atoms with van der Waals surface area (Å²) in [6.45, 7) is 0. The first-order valence-corrected chi connectivity index (χ1v) is 15.9. The minimum absolute atomic E-state index is 0.812. The SMILES string of the molecule is c1ccc(-c2ccccc2-c2ccc3c(-c4cccc(-c5cocn5)c4)c4ccccc4c(-c4cccc(-c5cnoc5)c4)c3c2)cc1. The maximum absolute atomic E-state index is 5.33. The Morgan fingerprint density at radius 2 is 1.00 bits per heavy atom. The van der Waals surface area contributed by atoms with Crippen LogP contribution in [0.4, 0.5) is 0 Å². The van der Waals surface area contributed by atoms with E-state index in [4.69, 9.17) is 8.94 Å². The van der Waals surface area contributed by atoms with Crippen molar-refractivity contribution < 1.29 is 8.94 Å². The number of rotatable bonds is 6. The summed E-state index contributed by atoms with van der Waals surface area (Å²) in [6.07, 6.45) is 6.62. The number of benzene rings is 7. The van der Waals surface area contributed by atoms with Crippen molar-refractivity contribution in [2.45, 2.75) is 0 Å². The monoisotopic (exact) mass is 616 g/mol. The third-order valence-corrected chi connectivity index (χ3v) is 9.14. The zero-order valence-corrected chi connectivity index (χ0v) is 25.9. The van der Waals surface area contributed by atoms with E-state index in [-0.39, 0.29) is 0 Å². The van der Waals surface area contributed by atoms with Crippen molar-refractivity contribution >= 4 is 21.5 Å². The lowest BCUT2D eigenvalue weighted by molar-refractivity contribution is 0.420.